The zero-order valence-corrected chi connectivity index (χ0v) is 40.8. The van der Waals surface area contributed by atoms with Crippen LogP contribution in [0.15, 0.2) is 92.3 Å². The summed E-state index contributed by atoms with van der Waals surface area (Å²) in [6.07, 6.45) is 19.7. The molecule has 2 aromatic carbocycles. The second kappa shape index (κ2) is 22.1. The normalized spacial score (nSPS) is 22.9. The van der Waals surface area contributed by atoms with Crippen molar-refractivity contribution in [3.63, 3.8) is 0 Å². The van der Waals surface area contributed by atoms with Crippen LogP contribution < -0.4 is 38.3 Å². The summed E-state index contributed by atoms with van der Waals surface area (Å²) in [5.74, 6) is 2.90. The van der Waals surface area contributed by atoms with E-state index in [1.165, 1.54) is 17.1 Å². The van der Waals surface area contributed by atoms with Crippen LogP contribution in [-0.2, 0) is 4.74 Å². The number of likely N-dealkylation sites (N-methyl/N-ethyl adjacent to an activating group) is 1. The molecule has 5 aliphatic rings. The van der Waals surface area contributed by atoms with Crippen molar-refractivity contribution < 1.29 is 14.2 Å². The van der Waals surface area contributed by atoms with Gasteiger partial charge < -0.3 is 44.9 Å². The number of benzene rings is 2. The van der Waals surface area contributed by atoms with E-state index in [1.807, 2.05) is 18.5 Å². The van der Waals surface area contributed by atoms with Crippen molar-refractivity contribution in [2.75, 3.05) is 103 Å². The van der Waals surface area contributed by atoms with Crippen LogP contribution in [0.2, 0.25) is 0 Å². The first kappa shape index (κ1) is 46.0. The van der Waals surface area contributed by atoms with E-state index in [0.29, 0.717) is 42.8 Å². The van der Waals surface area contributed by atoms with E-state index >= 15 is 0 Å². The van der Waals surface area contributed by atoms with Crippen LogP contribution >= 0.6 is 21.0 Å². The number of halogens is 1. The minimum absolute atomic E-state index is 0.247. The lowest BCUT2D eigenvalue weighted by molar-refractivity contribution is 0.122. The quantitative estimate of drug-likeness (QED) is 0.0638. The van der Waals surface area contributed by atoms with Crippen molar-refractivity contribution in [1.82, 2.24) is 24.8 Å². The van der Waals surface area contributed by atoms with E-state index in [1.54, 1.807) is 6.33 Å². The summed E-state index contributed by atoms with van der Waals surface area (Å²) in [7, 11) is 4.26. The third kappa shape index (κ3) is 11.7. The Bertz CT molecular complexity index is 2310. The van der Waals surface area contributed by atoms with Gasteiger partial charge in [0.15, 0.2) is 11.5 Å². The molecule has 4 fully saturated rings. The topological polar surface area (TPSA) is 134 Å². The predicted octanol–water partition coefficient (Wildman–Crippen LogP) is 8.01. The zero-order chi connectivity index (χ0) is 45.2. The minimum atomic E-state index is -0.365. The first-order valence-corrected chi connectivity index (χ1v) is 26.0. The van der Waals surface area contributed by atoms with E-state index in [0.717, 1.165) is 138 Å². The molecular weight excluding hydrogens is 942 g/mol. The van der Waals surface area contributed by atoms with Gasteiger partial charge in [-0.1, -0.05) is 12.7 Å². The Morgan fingerprint density at radius 1 is 0.818 bits per heavy atom. The van der Waals surface area contributed by atoms with Gasteiger partial charge >= 0.3 is 0 Å². The van der Waals surface area contributed by atoms with Gasteiger partial charge in [-0.25, -0.2) is 19.9 Å². The van der Waals surface area contributed by atoms with Crippen molar-refractivity contribution >= 4 is 64.9 Å². The van der Waals surface area contributed by atoms with Gasteiger partial charge in [-0.3, -0.25) is 3.11 Å². The third-order valence-corrected chi connectivity index (χ3v) is 16.1. The molecule has 3 N–H and O–H groups in total. The Kier molecular flexibility index (Phi) is 15.4. The first-order valence-electron chi connectivity index (χ1n) is 23.8. The highest BCUT2D eigenvalue weighted by Crippen LogP contribution is 2.36. The van der Waals surface area contributed by atoms with Gasteiger partial charge in [0.1, 0.15) is 17.7 Å². The molecule has 0 spiro atoms. The number of ether oxygens (including phenoxy) is 3. The molecule has 2 aliphatic carbocycles. The van der Waals surface area contributed by atoms with Gasteiger partial charge in [-0.05, 0) is 123 Å². The number of allylic oxidation sites excluding steroid dienone is 3. The SMILES string of the molecule is C=C/C(=C\N(C)c1ccc(N2CCN(C)CC2)cc1)c1nc(NC2CCC(COc3cncnc3C3=CN(c4ccc(N5CCOCC5)cc4)I=C3)CC2)ncc1OCC1CCC(N)CC1. The molecule has 5 heterocycles. The van der Waals surface area contributed by atoms with Crippen LogP contribution in [0.5, 0.6) is 11.5 Å². The molecule has 2 saturated heterocycles. The van der Waals surface area contributed by atoms with Crippen molar-refractivity contribution in [3.8, 4) is 11.5 Å². The lowest BCUT2D eigenvalue weighted by Gasteiger charge is -2.34. The minimum Gasteiger partial charge on any atom is -0.489 e. The van der Waals surface area contributed by atoms with Gasteiger partial charge in [0, 0.05) is 120 Å². The van der Waals surface area contributed by atoms with Gasteiger partial charge in [0.2, 0.25) is 5.95 Å². The summed E-state index contributed by atoms with van der Waals surface area (Å²) < 4.78 is 23.3. The number of hydrogen-bond acceptors (Lipinski definition) is 14. The van der Waals surface area contributed by atoms with E-state index in [2.05, 4.69) is 119 Å². The smallest absolute Gasteiger partial charge is 0.223 e. The van der Waals surface area contributed by atoms with E-state index in [-0.39, 0.29) is 27.0 Å². The molecule has 0 radical (unpaired) electrons. The number of anilines is 5. The van der Waals surface area contributed by atoms with Gasteiger partial charge in [0.25, 0.3) is 0 Å². The molecule has 0 atom stereocenters. The van der Waals surface area contributed by atoms with Crippen LogP contribution in [-0.4, -0.2) is 121 Å². The highest BCUT2D eigenvalue weighted by molar-refractivity contribution is 14.2. The standard InChI is InChI=1S/C51H66IN11O3/c1-4-39(32-60(3)43-13-15-44(16-14-43)61-23-21-59(2)22-24-61)50-48(66-34-37-5-9-41(53)10-6-37)31-55-51(58-50)57-42-11-7-38(8-12-42)35-65-47-30-54-36-56-49(47)40-29-52-63(33-40)46-19-17-45(18-20-46)62-25-27-64-28-26-62/h4,13-20,29-33,36-38,41-42H,1,5-12,21-28,34-35,53H2,2-3H3,(H,55,57,58)/b39-32+. The summed E-state index contributed by atoms with van der Waals surface area (Å²) in [6, 6.07) is 18.2. The first-order chi connectivity index (χ1) is 32.3. The Hall–Kier alpha value is -5.10. The van der Waals surface area contributed by atoms with Crippen molar-refractivity contribution in [2.45, 2.75) is 63.5 Å². The largest absolute Gasteiger partial charge is 0.489 e. The molecule has 0 unspecified atom stereocenters. The molecule has 0 bridgehead atoms. The average Bonchev–Trinajstić information content (AvgIpc) is 3.87. The number of nitrogens with zero attached hydrogens (tertiary/aromatic N) is 9. The average molecular weight is 1010 g/mol. The van der Waals surface area contributed by atoms with Crippen molar-refractivity contribution in [1.29, 1.82) is 0 Å². The summed E-state index contributed by atoms with van der Waals surface area (Å²) in [5.41, 5.74) is 14.6. The summed E-state index contributed by atoms with van der Waals surface area (Å²) in [6.45, 7) is 13.1. The van der Waals surface area contributed by atoms with Gasteiger partial charge in [-0.15, -0.1) is 0 Å². The molecule has 2 aromatic heterocycles. The summed E-state index contributed by atoms with van der Waals surface area (Å²) in [4.78, 5) is 28.3. The van der Waals surface area contributed by atoms with Crippen LogP contribution in [0.1, 0.15) is 62.8 Å². The highest BCUT2D eigenvalue weighted by Gasteiger charge is 2.26. The lowest BCUT2D eigenvalue weighted by atomic mass is 9.86. The van der Waals surface area contributed by atoms with Crippen LogP contribution in [0, 0.1) is 11.8 Å². The molecule has 2 saturated carbocycles. The number of aromatic nitrogens is 4. The number of piperazine rings is 1. The fourth-order valence-corrected chi connectivity index (χ4v) is 11.6. The summed E-state index contributed by atoms with van der Waals surface area (Å²) >= 11 is -0.365. The van der Waals surface area contributed by atoms with E-state index in [9.17, 15) is 0 Å². The molecule has 3 aliphatic heterocycles. The Morgan fingerprint density at radius 2 is 1.45 bits per heavy atom. The Balaban J connectivity index is 0.819. The summed E-state index contributed by atoms with van der Waals surface area (Å²) in [5, 5.41) is 3.68. The van der Waals surface area contributed by atoms with Crippen LogP contribution in [0.25, 0.3) is 11.1 Å². The fourth-order valence-electron chi connectivity index (χ4n) is 9.43. The van der Waals surface area contributed by atoms with Crippen LogP contribution in [0.4, 0.5) is 28.7 Å². The Morgan fingerprint density at radius 3 is 2.15 bits per heavy atom. The number of nitrogens with one attached hydrogen (secondary N) is 1. The van der Waals surface area contributed by atoms with E-state index < -0.39 is 0 Å². The molecule has 350 valence electrons. The van der Waals surface area contributed by atoms with E-state index in [4.69, 9.17) is 34.9 Å². The monoisotopic (exact) mass is 1010 g/mol. The maximum atomic E-state index is 6.54. The predicted molar refractivity (Wildman–Crippen MR) is 277 cm³/mol. The number of hydrogen-bond donors (Lipinski definition) is 2. The Labute approximate surface area is 401 Å². The lowest BCUT2D eigenvalue weighted by Crippen LogP contribution is -2.44. The maximum absolute atomic E-state index is 6.54. The molecule has 15 heteroatoms. The molecule has 9 rings (SSSR count). The molecule has 4 aromatic rings. The molecule has 14 nitrogen and oxygen atoms in total. The second-order valence-electron chi connectivity index (χ2n) is 18.3. The zero-order valence-electron chi connectivity index (χ0n) is 38.6. The fraction of sp³-hybridized carbons (Fsp3) is 0.471. The third-order valence-electron chi connectivity index (χ3n) is 13.7. The number of nitrogens with two attached hydrogens (primary N) is 1. The maximum Gasteiger partial charge on any atom is 0.223 e. The van der Waals surface area contributed by atoms with Crippen molar-refractivity contribution in [3.05, 3.63) is 104 Å². The van der Waals surface area contributed by atoms with Crippen molar-refractivity contribution in [2.24, 2.45) is 17.6 Å². The molecule has 0 amide bonds. The second-order valence-corrected chi connectivity index (χ2v) is 20.6. The molecule has 66 heavy (non-hydrogen) atoms. The molecular formula is C51H66IN11O3. The number of rotatable bonds is 16. The van der Waals surface area contributed by atoms with Gasteiger partial charge in [0.05, 0.1) is 44.5 Å². The number of morpholine rings is 1. The van der Waals surface area contributed by atoms with Gasteiger partial charge in [-0.2, -0.15) is 0 Å². The van der Waals surface area contributed by atoms with Crippen LogP contribution in [0.3, 0.4) is 0 Å². The highest BCUT2D eigenvalue weighted by atomic mass is 127.